The number of furan rings is 2. The molecule has 0 atom stereocenters. The number of thiophene rings is 1. The summed E-state index contributed by atoms with van der Waals surface area (Å²) in [5, 5.41) is 22.7. The highest BCUT2D eigenvalue weighted by Crippen LogP contribution is 2.30. The van der Waals surface area contributed by atoms with E-state index >= 15 is 0 Å². The summed E-state index contributed by atoms with van der Waals surface area (Å²) in [6.07, 6.45) is 58.3. The second-order valence-corrected chi connectivity index (χ2v) is 24.6. The fraction of sp³-hybridized carbons (Fsp3) is 0.331. The Labute approximate surface area is 905 Å². The first kappa shape index (κ1) is 151. The van der Waals surface area contributed by atoms with Crippen LogP contribution in [0.25, 0.3) is 38.4 Å². The molecule has 812 valence electrons. The summed E-state index contributed by atoms with van der Waals surface area (Å²) in [6, 6.07) is 59.0. The van der Waals surface area contributed by atoms with Crippen molar-refractivity contribution in [3.63, 3.8) is 0 Å². The van der Waals surface area contributed by atoms with Gasteiger partial charge in [-0.2, -0.15) is 16.4 Å². The van der Waals surface area contributed by atoms with Crippen molar-refractivity contribution >= 4 is 91.1 Å². The third kappa shape index (κ3) is 97.3. The predicted molar refractivity (Wildman–Crippen MR) is 637 cm³/mol. The fourth-order valence-electron chi connectivity index (χ4n) is 8.52. The molecule has 6 aliphatic rings. The van der Waals surface area contributed by atoms with E-state index in [1.807, 2.05) is 388 Å². The number of benzene rings is 5. The molecule has 4 aliphatic heterocycles. The fourth-order valence-corrected chi connectivity index (χ4v) is 10.0. The number of hydrogen-bond acceptors (Lipinski definition) is 31. The monoisotopic (exact) mass is 2090 g/mol. The molecule has 13 aromatic heterocycles. The first-order chi connectivity index (χ1) is 74.2. The molecule has 2 aliphatic carbocycles. The van der Waals surface area contributed by atoms with E-state index in [0.717, 1.165) is 75.0 Å². The maximum absolute atomic E-state index is 5.12. The van der Waals surface area contributed by atoms with Crippen LogP contribution in [0.15, 0.2) is 425 Å². The van der Waals surface area contributed by atoms with Gasteiger partial charge in [-0.3, -0.25) is 34.9 Å². The largest absolute Gasteiger partial charge is 0.473 e. The Kier molecular flexibility index (Phi) is 141. The van der Waals surface area contributed by atoms with Gasteiger partial charge in [0.15, 0.2) is 29.9 Å². The van der Waals surface area contributed by atoms with Crippen molar-refractivity contribution in [3.8, 4) is 11.5 Å². The Bertz CT molecular complexity index is 4860. The molecule has 0 spiro atoms. The lowest BCUT2D eigenvalue weighted by Gasteiger charge is -1.93. The smallest absolute Gasteiger partial charge is 0.231 e. The number of hydrogen-bond donors (Lipinski definition) is 0. The first-order valence-electron chi connectivity index (χ1n) is 51.4. The standard InChI is InChI=1S/C9H8.C8H6O.C7H6N2.C7H5NS.C7H6O2.C6H4N2O.C5H5N.C5H8.C4H5N3.C4H4N2.C4H5N.C4H4O.C4H4S.C3H3N3.C3H4N2.C3H3NO.C3H3NS.C2H2N2O.15C2H6/c1-2-5-9-7-3-6-8(9)4-1;1-2-4-8-7(3-1)5-6-9-8;3*1-2-4-7-6(3-1)8-5-9-7;1-2-7-3-5-6(1)9-4-8-5;1-2-4-6-5-3-1;1-2-4-5-3-1;1-4-6-2-5-3-7-4;1-2-5-4-6-3-1;3*1-2-4-5-3-1;1-2-5-6-3-4-1;3*1-2-5-3-4-1;1-3-4-2-5-1;15*1-2/h1-6H,7H2;1-6H;1-4H,5H2;1-5H;1-4H,5H2;1-4H;1-5H;1-2H,3-5H2;2-3H,1H3;1-4H;1,3-4H,2H2;2*1-4H;1-3H;1,3H,2H2;2*1-3H;1-2H;15*1-2H3. The van der Waals surface area contributed by atoms with Crippen molar-refractivity contribution in [3.05, 3.63) is 405 Å². The quantitative estimate of drug-likeness (QED) is 0.127. The predicted octanol–water partition coefficient (Wildman–Crippen LogP) is 34.2. The van der Waals surface area contributed by atoms with Gasteiger partial charge in [-0.15, -0.1) is 38.0 Å². The minimum Gasteiger partial charge on any atom is -0.473 e. The van der Waals surface area contributed by atoms with Gasteiger partial charge in [-0.25, -0.2) is 49.8 Å². The second kappa shape index (κ2) is 139. The van der Waals surface area contributed by atoms with Gasteiger partial charge in [-0.05, 0) is 133 Å². The number of fused-ring (bicyclic) bond motifs is 6. The van der Waals surface area contributed by atoms with Crippen molar-refractivity contribution in [2.24, 2.45) is 25.0 Å². The van der Waals surface area contributed by atoms with Gasteiger partial charge >= 0.3 is 0 Å². The number of rotatable bonds is 0. The maximum Gasteiger partial charge on any atom is 0.231 e. The SMILES string of the molecule is C1=CCCC1.C1=CN=CC1.C1=Cc2ccccc2C1.C1=NC=NC1.CC.CC.CC.CC.CC.CC.CC.CC.CC.CC.CC.CC.CC.CC.CC.Cc1ncncn1.c1cc2ocnc2cn1.c1ccc2c(c1)=NCN=2.c1ccc2c(c1)OCO2.c1ccc2occc2c1.c1ccc2scnc2c1.c1ccncc1.c1ccoc1.c1ccsc1.c1cncnc1.c1cnncn1.c1cocn1.c1cscn1.c1nnco1. The second-order valence-electron chi connectivity index (χ2n) is 22.2. The first-order valence-corrected chi connectivity index (χ1v) is 54.1. The van der Waals surface area contributed by atoms with Crippen molar-refractivity contribution in [1.82, 2.24) is 80.2 Å². The summed E-state index contributed by atoms with van der Waals surface area (Å²) in [4.78, 5) is 64.5. The van der Waals surface area contributed by atoms with Gasteiger partial charge in [-0.1, -0.05) is 335 Å². The molecule has 0 saturated carbocycles. The number of thiazole rings is 2. The number of nitrogens with zero attached hydrogens (tertiary/aromatic N) is 21. The van der Waals surface area contributed by atoms with Gasteiger partial charge in [0.2, 0.25) is 19.6 Å². The summed E-state index contributed by atoms with van der Waals surface area (Å²) in [5.74, 6) is 2.45. The molecule has 0 unspecified atom stereocenters. The number of ether oxygens (including phenoxy) is 2. The van der Waals surface area contributed by atoms with Crippen LogP contribution in [0.5, 0.6) is 11.5 Å². The molecule has 28 nitrogen and oxygen atoms in total. The van der Waals surface area contributed by atoms with Gasteiger partial charge in [0.05, 0.1) is 75.9 Å². The molecule has 0 N–H and O–H groups in total. The topological polar surface area (TPSA) is 352 Å². The van der Waals surface area contributed by atoms with Crippen LogP contribution in [-0.4, -0.2) is 119 Å². The van der Waals surface area contributed by atoms with Crippen LogP contribution in [-0.2, 0) is 6.42 Å². The summed E-state index contributed by atoms with van der Waals surface area (Å²) in [7, 11) is 0. The van der Waals surface area contributed by atoms with E-state index in [9.17, 15) is 0 Å². The summed E-state index contributed by atoms with van der Waals surface area (Å²) >= 11 is 4.99. The van der Waals surface area contributed by atoms with E-state index in [4.69, 9.17) is 18.3 Å². The highest BCUT2D eigenvalue weighted by Gasteiger charge is 2.09. The number of pyridine rings is 2. The van der Waals surface area contributed by atoms with E-state index in [1.54, 1.807) is 145 Å². The van der Waals surface area contributed by atoms with Crippen LogP contribution >= 0.6 is 34.0 Å². The molecular formula is C118H175N21O7S3. The highest BCUT2D eigenvalue weighted by molar-refractivity contribution is 7.16. The minimum atomic E-state index is 0.360. The van der Waals surface area contributed by atoms with Crippen LogP contribution in [0.1, 0.15) is 250 Å². The normalized spacial score (nSPS) is 9.55. The van der Waals surface area contributed by atoms with E-state index in [0.29, 0.717) is 13.5 Å². The molecule has 0 amide bonds. The van der Waals surface area contributed by atoms with E-state index < -0.39 is 0 Å². The molecule has 24 rings (SSSR count). The summed E-state index contributed by atoms with van der Waals surface area (Å²) in [5.41, 5.74) is 10.1. The van der Waals surface area contributed by atoms with Crippen molar-refractivity contribution in [2.75, 3.05) is 20.0 Å². The van der Waals surface area contributed by atoms with Gasteiger partial charge in [0, 0.05) is 85.3 Å². The van der Waals surface area contributed by atoms with Crippen LogP contribution in [0.3, 0.4) is 0 Å². The highest BCUT2D eigenvalue weighted by atomic mass is 32.1. The summed E-state index contributed by atoms with van der Waals surface area (Å²) in [6.45, 7) is 63.6. The molecular weight excluding hydrogens is 1920 g/mol. The number of aromatic nitrogens is 16. The molecule has 0 saturated heterocycles. The zero-order chi connectivity index (χ0) is 113. The molecule has 0 fully saturated rings. The molecule has 5 aromatic carbocycles. The lowest BCUT2D eigenvalue weighted by atomic mass is 10.1. The Hall–Kier alpha value is -15.2. The zero-order valence-corrected chi connectivity index (χ0v) is 97.2. The van der Waals surface area contributed by atoms with E-state index in [2.05, 4.69) is 173 Å². The van der Waals surface area contributed by atoms with Gasteiger partial charge in [0.25, 0.3) is 0 Å². The average Bonchev–Trinajstić information content (AvgIpc) is 1.77. The van der Waals surface area contributed by atoms with Crippen LogP contribution in [0, 0.1) is 6.92 Å². The van der Waals surface area contributed by atoms with E-state index in [-0.39, 0.29) is 0 Å². The number of aliphatic imine (C=N–C) groups is 3. The summed E-state index contributed by atoms with van der Waals surface area (Å²) < 4.78 is 34.9. The number of allylic oxidation sites excluding steroid dienone is 4. The number of para-hydroxylation sites is 6. The Balaban J connectivity index is -0.000000197. The van der Waals surface area contributed by atoms with E-state index in [1.165, 1.54) is 98.4 Å². The maximum atomic E-state index is 5.12. The lowest BCUT2D eigenvalue weighted by Crippen LogP contribution is -2.19. The van der Waals surface area contributed by atoms with Crippen molar-refractivity contribution < 1.29 is 31.6 Å². The average molecular weight is 2100 g/mol. The Morgan fingerprint density at radius 3 is 1.29 bits per heavy atom. The van der Waals surface area contributed by atoms with Crippen LogP contribution in [0.4, 0.5) is 0 Å². The number of oxazole rings is 2. The molecule has 0 bridgehead atoms. The molecule has 149 heavy (non-hydrogen) atoms. The molecule has 31 heteroatoms. The molecule has 18 aromatic rings. The van der Waals surface area contributed by atoms with Crippen LogP contribution < -0.4 is 20.2 Å². The number of aryl methyl sites for hydroxylation is 1. The van der Waals surface area contributed by atoms with Crippen LogP contribution in [0.2, 0.25) is 0 Å². The van der Waals surface area contributed by atoms with Crippen molar-refractivity contribution in [1.29, 1.82) is 0 Å². The third-order valence-electron chi connectivity index (χ3n) is 13.8. The van der Waals surface area contributed by atoms with Crippen molar-refractivity contribution in [2.45, 2.75) is 247 Å². The minimum absolute atomic E-state index is 0.360. The molecule has 17 heterocycles. The van der Waals surface area contributed by atoms with Gasteiger partial charge in [0.1, 0.15) is 61.5 Å². The van der Waals surface area contributed by atoms with Gasteiger partial charge < -0.3 is 31.6 Å². The molecule has 0 radical (unpaired) electrons. The Morgan fingerprint density at radius 2 is 0.919 bits per heavy atom. The lowest BCUT2D eigenvalue weighted by molar-refractivity contribution is 0.174. The zero-order valence-electron chi connectivity index (χ0n) is 94.7. The Morgan fingerprint density at radius 1 is 0.336 bits per heavy atom. The third-order valence-corrected chi connectivity index (χ3v) is 15.8.